The van der Waals surface area contributed by atoms with Gasteiger partial charge >= 0.3 is 5.97 Å². The molecule has 156 valence electrons. The summed E-state index contributed by atoms with van der Waals surface area (Å²) >= 11 is 0. The molecule has 0 unspecified atom stereocenters. The van der Waals surface area contributed by atoms with Gasteiger partial charge in [-0.2, -0.15) is 5.10 Å². The van der Waals surface area contributed by atoms with Crippen LogP contribution in [0.4, 0.5) is 0 Å². The summed E-state index contributed by atoms with van der Waals surface area (Å²) in [6, 6.07) is 17.0. The highest BCUT2D eigenvalue weighted by Crippen LogP contribution is 2.31. The van der Waals surface area contributed by atoms with E-state index in [1.165, 1.54) is 0 Å². The van der Waals surface area contributed by atoms with Gasteiger partial charge in [-0.25, -0.2) is 4.68 Å². The highest BCUT2D eigenvalue weighted by Gasteiger charge is 2.21. The molecule has 30 heavy (non-hydrogen) atoms. The predicted molar refractivity (Wildman–Crippen MR) is 114 cm³/mol. The molecular weight excluding hydrogens is 382 g/mol. The van der Waals surface area contributed by atoms with Crippen LogP contribution in [0.15, 0.2) is 60.8 Å². The van der Waals surface area contributed by atoms with Crippen molar-refractivity contribution < 1.29 is 19.1 Å². The summed E-state index contributed by atoms with van der Waals surface area (Å²) in [5.74, 6) is 0.104. The van der Waals surface area contributed by atoms with E-state index in [1.54, 1.807) is 24.9 Å². The molecule has 0 saturated carbocycles. The van der Waals surface area contributed by atoms with Crippen molar-refractivity contribution >= 4 is 11.9 Å². The highest BCUT2D eigenvalue weighted by molar-refractivity contribution is 6.00. The molecule has 1 N–H and O–H groups in total. The first-order chi connectivity index (χ1) is 14.6. The number of amides is 1. The van der Waals surface area contributed by atoms with Gasteiger partial charge in [-0.1, -0.05) is 30.3 Å². The van der Waals surface area contributed by atoms with Crippen LogP contribution >= 0.6 is 0 Å². The lowest BCUT2D eigenvalue weighted by atomic mass is 10.1. The first-order valence-corrected chi connectivity index (χ1v) is 9.86. The Morgan fingerprint density at radius 1 is 1.07 bits per heavy atom. The molecule has 1 amide bonds. The van der Waals surface area contributed by atoms with Gasteiger partial charge in [-0.05, 0) is 37.6 Å². The van der Waals surface area contributed by atoms with Crippen LogP contribution in [0.1, 0.15) is 30.1 Å². The molecule has 0 fully saturated rings. The normalized spacial score (nSPS) is 10.5. The Morgan fingerprint density at radius 3 is 2.53 bits per heavy atom. The zero-order valence-electron chi connectivity index (χ0n) is 17.1. The Bertz CT molecular complexity index is 999. The number of nitrogens with one attached hydrogen (secondary N) is 1. The smallest absolute Gasteiger partial charge is 0.305 e. The van der Waals surface area contributed by atoms with Crippen LogP contribution in [0.2, 0.25) is 0 Å². The third-order valence-corrected chi connectivity index (χ3v) is 4.49. The van der Waals surface area contributed by atoms with Gasteiger partial charge in [-0.3, -0.25) is 9.59 Å². The number of ether oxygens (including phenoxy) is 2. The maximum atomic E-state index is 12.9. The SMILES string of the molecule is CCOC(=O)CCCNC(=O)c1cn(-c2ccccc2)nc1-c1ccccc1OC. The molecule has 0 saturated heterocycles. The number of benzene rings is 2. The summed E-state index contributed by atoms with van der Waals surface area (Å²) < 4.78 is 12.1. The Labute approximate surface area is 175 Å². The van der Waals surface area contributed by atoms with E-state index in [1.807, 2.05) is 54.6 Å². The lowest BCUT2D eigenvalue weighted by Crippen LogP contribution is -2.25. The third-order valence-electron chi connectivity index (χ3n) is 4.49. The Morgan fingerprint density at radius 2 is 1.80 bits per heavy atom. The van der Waals surface area contributed by atoms with Crippen LogP contribution < -0.4 is 10.1 Å². The average molecular weight is 407 g/mol. The molecule has 1 heterocycles. The van der Waals surface area contributed by atoms with Gasteiger partial charge in [-0.15, -0.1) is 0 Å². The van der Waals surface area contributed by atoms with Crippen molar-refractivity contribution in [1.82, 2.24) is 15.1 Å². The second kappa shape index (κ2) is 10.2. The molecule has 2 aromatic carbocycles. The minimum absolute atomic E-state index is 0.261. The maximum Gasteiger partial charge on any atom is 0.305 e. The minimum Gasteiger partial charge on any atom is -0.496 e. The molecule has 0 atom stereocenters. The van der Waals surface area contributed by atoms with Gasteiger partial charge in [0, 0.05) is 24.7 Å². The zero-order chi connectivity index (χ0) is 21.3. The predicted octanol–water partition coefficient (Wildman–Crippen LogP) is 3.62. The number of nitrogens with zero attached hydrogens (tertiary/aromatic N) is 2. The minimum atomic E-state index is -0.265. The van der Waals surface area contributed by atoms with E-state index < -0.39 is 0 Å². The number of carbonyl (C=O) groups excluding carboxylic acids is 2. The third kappa shape index (κ3) is 5.05. The van der Waals surface area contributed by atoms with Gasteiger partial charge in [0.1, 0.15) is 11.4 Å². The fourth-order valence-corrected chi connectivity index (χ4v) is 3.06. The standard InChI is InChI=1S/C23H25N3O4/c1-3-30-21(27)14-9-15-24-23(28)19-16-26(17-10-5-4-6-11-17)25-22(19)18-12-7-8-13-20(18)29-2/h4-8,10-13,16H,3,9,14-15H2,1-2H3,(H,24,28). The number of hydrogen-bond donors (Lipinski definition) is 1. The van der Waals surface area contributed by atoms with Gasteiger partial charge in [0.15, 0.2) is 0 Å². The van der Waals surface area contributed by atoms with Crippen LogP contribution in [0.25, 0.3) is 16.9 Å². The summed E-state index contributed by atoms with van der Waals surface area (Å²) in [5.41, 5.74) is 2.53. The highest BCUT2D eigenvalue weighted by atomic mass is 16.5. The quantitative estimate of drug-likeness (QED) is 0.433. The molecule has 7 heteroatoms. The van der Waals surface area contributed by atoms with E-state index in [4.69, 9.17) is 9.47 Å². The first kappa shape index (κ1) is 21.1. The number of carbonyl (C=O) groups is 2. The van der Waals surface area contributed by atoms with Crippen molar-refractivity contribution in [2.75, 3.05) is 20.3 Å². The largest absolute Gasteiger partial charge is 0.496 e. The summed E-state index contributed by atoms with van der Waals surface area (Å²) in [5, 5.41) is 7.53. The molecule has 0 spiro atoms. The van der Waals surface area contributed by atoms with Gasteiger partial charge in [0.2, 0.25) is 0 Å². The zero-order valence-corrected chi connectivity index (χ0v) is 17.1. The first-order valence-electron chi connectivity index (χ1n) is 9.86. The van der Waals surface area contributed by atoms with Crippen molar-refractivity contribution in [2.45, 2.75) is 19.8 Å². The number of methoxy groups -OCH3 is 1. The number of esters is 1. The lowest BCUT2D eigenvalue weighted by Gasteiger charge is -2.08. The molecule has 3 rings (SSSR count). The van der Waals surface area contributed by atoms with E-state index in [9.17, 15) is 9.59 Å². The number of hydrogen-bond acceptors (Lipinski definition) is 5. The van der Waals surface area contributed by atoms with E-state index in [0.717, 1.165) is 11.3 Å². The molecule has 0 aliphatic heterocycles. The van der Waals surface area contributed by atoms with Crippen molar-refractivity contribution in [1.29, 1.82) is 0 Å². The molecule has 0 aliphatic carbocycles. The van der Waals surface area contributed by atoms with Gasteiger partial charge in [0.25, 0.3) is 5.91 Å². The summed E-state index contributed by atoms with van der Waals surface area (Å²) in [6.07, 6.45) is 2.47. The number of rotatable bonds is 9. The van der Waals surface area contributed by atoms with Crippen LogP contribution in [0.3, 0.4) is 0 Å². The molecule has 0 radical (unpaired) electrons. The molecule has 0 bridgehead atoms. The molecule has 3 aromatic rings. The summed E-state index contributed by atoms with van der Waals surface area (Å²) in [7, 11) is 1.59. The average Bonchev–Trinajstić information content (AvgIpc) is 3.23. The summed E-state index contributed by atoms with van der Waals surface area (Å²) in [6.45, 7) is 2.48. The van der Waals surface area contributed by atoms with Crippen LogP contribution in [0.5, 0.6) is 5.75 Å². The fourth-order valence-electron chi connectivity index (χ4n) is 3.06. The van der Waals surface area contributed by atoms with Crippen LogP contribution in [-0.4, -0.2) is 41.9 Å². The van der Waals surface area contributed by atoms with Gasteiger partial charge < -0.3 is 14.8 Å². The van der Waals surface area contributed by atoms with Crippen molar-refractivity contribution in [3.05, 3.63) is 66.4 Å². The maximum absolute atomic E-state index is 12.9. The molecule has 0 aliphatic rings. The van der Waals surface area contributed by atoms with Crippen molar-refractivity contribution in [2.24, 2.45) is 0 Å². The monoisotopic (exact) mass is 407 g/mol. The summed E-state index contributed by atoms with van der Waals surface area (Å²) in [4.78, 5) is 24.4. The molecular formula is C23H25N3O4. The van der Waals surface area contributed by atoms with Gasteiger partial charge in [0.05, 0.1) is 25.0 Å². The topological polar surface area (TPSA) is 82.5 Å². The van der Waals surface area contributed by atoms with Crippen LogP contribution in [0, 0.1) is 0 Å². The number of aromatic nitrogens is 2. The van der Waals surface area contributed by atoms with Crippen molar-refractivity contribution in [3.63, 3.8) is 0 Å². The lowest BCUT2D eigenvalue weighted by molar-refractivity contribution is -0.143. The second-order valence-corrected chi connectivity index (χ2v) is 6.54. The van der Waals surface area contributed by atoms with E-state index in [2.05, 4.69) is 10.4 Å². The van der Waals surface area contributed by atoms with E-state index >= 15 is 0 Å². The van der Waals surface area contributed by atoms with E-state index in [-0.39, 0.29) is 18.3 Å². The number of para-hydroxylation sites is 2. The molecule has 1 aromatic heterocycles. The molecule has 7 nitrogen and oxygen atoms in total. The van der Waals surface area contributed by atoms with E-state index in [0.29, 0.717) is 36.6 Å². The van der Waals surface area contributed by atoms with Crippen molar-refractivity contribution in [3.8, 4) is 22.7 Å². The second-order valence-electron chi connectivity index (χ2n) is 6.54. The Balaban J connectivity index is 1.85. The Hall–Kier alpha value is -3.61. The fraction of sp³-hybridized carbons (Fsp3) is 0.261. The van der Waals surface area contributed by atoms with Crippen LogP contribution in [-0.2, 0) is 9.53 Å². The Kier molecular flexibility index (Phi) is 7.21.